The molecule has 2 fully saturated rings. The third kappa shape index (κ3) is 3.38. The molecule has 0 bridgehead atoms. The zero-order valence-corrected chi connectivity index (χ0v) is 20.2. The van der Waals surface area contributed by atoms with E-state index in [0.717, 1.165) is 16.0 Å². The lowest BCUT2D eigenvalue weighted by Crippen LogP contribution is -2.53. The molecule has 3 aromatic carbocycles. The standard InChI is InChI=1S/C29H26N2O5/c1-17-10-7-8-15-22(17)25-23-24(29(30-25,28(35)36-3)20-12-5-4-6-13-20)27(34)31(26(23)33)21-14-9-11-19(16-21)18(2)32/h4-16,23-25,30H,1-3H3/t23-,24-,25+,29-/m0/s1. The van der Waals surface area contributed by atoms with Crippen LogP contribution in [0.3, 0.4) is 0 Å². The van der Waals surface area contributed by atoms with Gasteiger partial charge in [-0.05, 0) is 42.7 Å². The van der Waals surface area contributed by atoms with Gasteiger partial charge in [0.05, 0.1) is 24.6 Å². The predicted molar refractivity (Wildman–Crippen MR) is 133 cm³/mol. The van der Waals surface area contributed by atoms with Crippen LogP contribution in [0.2, 0.25) is 0 Å². The first-order valence-electron chi connectivity index (χ1n) is 11.8. The molecule has 2 aliphatic heterocycles. The molecule has 0 radical (unpaired) electrons. The maximum atomic E-state index is 14.1. The Bertz CT molecular complexity index is 1390. The van der Waals surface area contributed by atoms with E-state index in [9.17, 15) is 19.2 Å². The number of carbonyl (C=O) groups excluding carboxylic acids is 4. The molecular weight excluding hydrogens is 456 g/mol. The SMILES string of the molecule is COC(=O)[C@@]1(c2ccccc2)N[C@H](c2ccccc2C)[C@H]2C(=O)N(c3cccc(C(C)=O)c3)C(=O)[C@H]21. The van der Waals surface area contributed by atoms with E-state index in [-0.39, 0.29) is 5.78 Å². The van der Waals surface area contributed by atoms with Crippen molar-refractivity contribution in [2.24, 2.45) is 11.8 Å². The Kier molecular flexibility index (Phi) is 5.80. The zero-order chi connectivity index (χ0) is 25.6. The third-order valence-corrected chi connectivity index (χ3v) is 7.33. The van der Waals surface area contributed by atoms with E-state index >= 15 is 0 Å². The van der Waals surface area contributed by atoms with Crippen LogP contribution in [-0.2, 0) is 24.7 Å². The highest BCUT2D eigenvalue weighted by molar-refractivity contribution is 6.24. The number of fused-ring (bicyclic) bond motifs is 1. The van der Waals surface area contributed by atoms with E-state index in [1.165, 1.54) is 20.1 Å². The number of carbonyl (C=O) groups is 4. The van der Waals surface area contributed by atoms with Gasteiger partial charge in [0.25, 0.3) is 0 Å². The van der Waals surface area contributed by atoms with Gasteiger partial charge in [0.1, 0.15) is 0 Å². The highest BCUT2D eigenvalue weighted by atomic mass is 16.5. The minimum Gasteiger partial charge on any atom is -0.467 e. The summed E-state index contributed by atoms with van der Waals surface area (Å²) in [6.45, 7) is 3.36. The van der Waals surface area contributed by atoms with Crippen LogP contribution < -0.4 is 10.2 Å². The van der Waals surface area contributed by atoms with E-state index in [2.05, 4.69) is 5.32 Å². The van der Waals surface area contributed by atoms with E-state index in [1.807, 2.05) is 37.3 Å². The average Bonchev–Trinajstić information content (AvgIpc) is 3.38. The van der Waals surface area contributed by atoms with Gasteiger partial charge in [-0.1, -0.05) is 66.7 Å². The summed E-state index contributed by atoms with van der Waals surface area (Å²) in [7, 11) is 1.28. The Morgan fingerprint density at radius 2 is 1.61 bits per heavy atom. The van der Waals surface area contributed by atoms with E-state index in [0.29, 0.717) is 16.8 Å². The predicted octanol–water partition coefficient (Wildman–Crippen LogP) is 3.72. The van der Waals surface area contributed by atoms with Gasteiger partial charge in [-0.3, -0.25) is 19.7 Å². The molecule has 2 heterocycles. The number of benzene rings is 3. The summed E-state index contributed by atoms with van der Waals surface area (Å²) >= 11 is 0. The highest BCUT2D eigenvalue weighted by Gasteiger charge is 2.69. The number of rotatable bonds is 5. The number of nitrogens with zero attached hydrogens (tertiary/aromatic N) is 1. The fourth-order valence-corrected chi connectivity index (χ4v) is 5.66. The van der Waals surface area contributed by atoms with Crippen molar-refractivity contribution in [3.63, 3.8) is 0 Å². The Labute approximate surface area is 209 Å². The topological polar surface area (TPSA) is 92.8 Å². The Morgan fingerprint density at radius 1 is 0.917 bits per heavy atom. The van der Waals surface area contributed by atoms with Crippen LogP contribution in [0.5, 0.6) is 0 Å². The fourth-order valence-electron chi connectivity index (χ4n) is 5.66. The van der Waals surface area contributed by atoms with Gasteiger partial charge < -0.3 is 4.74 Å². The molecule has 2 aliphatic rings. The summed E-state index contributed by atoms with van der Waals surface area (Å²) in [5.41, 5.74) is 1.43. The Morgan fingerprint density at radius 3 is 2.28 bits per heavy atom. The number of nitrogens with one attached hydrogen (secondary N) is 1. The zero-order valence-electron chi connectivity index (χ0n) is 20.2. The van der Waals surface area contributed by atoms with Crippen molar-refractivity contribution in [1.82, 2.24) is 5.32 Å². The molecule has 0 aromatic heterocycles. The second-order valence-electron chi connectivity index (χ2n) is 9.27. The van der Waals surface area contributed by atoms with Gasteiger partial charge in [-0.2, -0.15) is 0 Å². The second kappa shape index (κ2) is 8.84. The first kappa shape index (κ1) is 23.6. The first-order chi connectivity index (χ1) is 17.3. The summed E-state index contributed by atoms with van der Waals surface area (Å²) in [6.07, 6.45) is 0. The Hall–Kier alpha value is -4.10. The third-order valence-electron chi connectivity index (χ3n) is 7.33. The largest absolute Gasteiger partial charge is 0.467 e. The van der Waals surface area contributed by atoms with Crippen LogP contribution in [0.15, 0.2) is 78.9 Å². The van der Waals surface area contributed by atoms with Gasteiger partial charge in [0.15, 0.2) is 11.3 Å². The number of hydrogen-bond acceptors (Lipinski definition) is 6. The van der Waals surface area contributed by atoms with Crippen molar-refractivity contribution in [2.45, 2.75) is 25.4 Å². The van der Waals surface area contributed by atoms with Gasteiger partial charge in [-0.25, -0.2) is 9.69 Å². The monoisotopic (exact) mass is 482 g/mol. The number of imide groups is 1. The summed E-state index contributed by atoms with van der Waals surface area (Å²) in [6, 6.07) is 22.3. The normalized spacial score (nSPS) is 25.1. The quantitative estimate of drug-likeness (QED) is 0.339. The second-order valence-corrected chi connectivity index (χ2v) is 9.27. The maximum absolute atomic E-state index is 14.1. The summed E-state index contributed by atoms with van der Waals surface area (Å²) in [4.78, 5) is 54.8. The van der Waals surface area contributed by atoms with Crippen molar-refractivity contribution in [2.75, 3.05) is 12.0 Å². The van der Waals surface area contributed by atoms with Crippen LogP contribution >= 0.6 is 0 Å². The molecule has 0 unspecified atom stereocenters. The molecule has 0 spiro atoms. The number of amides is 2. The molecule has 0 saturated carbocycles. The molecule has 2 amide bonds. The molecule has 1 N–H and O–H groups in total. The molecule has 3 aromatic rings. The number of anilines is 1. The summed E-state index contributed by atoms with van der Waals surface area (Å²) in [5.74, 6) is -3.66. The van der Waals surface area contributed by atoms with E-state index < -0.39 is 41.2 Å². The lowest BCUT2D eigenvalue weighted by molar-refractivity contribution is -0.152. The molecule has 36 heavy (non-hydrogen) atoms. The number of hydrogen-bond donors (Lipinski definition) is 1. The Balaban J connectivity index is 1.74. The summed E-state index contributed by atoms with van der Waals surface area (Å²) in [5, 5.41) is 3.40. The molecule has 7 nitrogen and oxygen atoms in total. The smallest absolute Gasteiger partial charge is 0.331 e. The minimum atomic E-state index is -1.58. The first-order valence-corrected chi connectivity index (χ1v) is 11.8. The number of aryl methyl sites for hydroxylation is 1. The lowest BCUT2D eigenvalue weighted by Gasteiger charge is -2.33. The number of Topliss-reactive ketones (excluding diaryl/α,β-unsaturated/α-hetero) is 1. The summed E-state index contributed by atoms with van der Waals surface area (Å²) < 4.78 is 5.26. The lowest BCUT2D eigenvalue weighted by atomic mass is 9.75. The molecule has 2 saturated heterocycles. The molecular formula is C29H26N2O5. The van der Waals surface area contributed by atoms with E-state index in [4.69, 9.17) is 4.74 Å². The maximum Gasteiger partial charge on any atom is 0.331 e. The van der Waals surface area contributed by atoms with Crippen molar-refractivity contribution in [3.8, 4) is 0 Å². The fraction of sp³-hybridized carbons (Fsp3) is 0.241. The van der Waals surface area contributed by atoms with Crippen LogP contribution in [0, 0.1) is 18.8 Å². The van der Waals surface area contributed by atoms with Crippen molar-refractivity contribution >= 4 is 29.3 Å². The molecule has 5 rings (SSSR count). The minimum absolute atomic E-state index is 0.177. The van der Waals surface area contributed by atoms with Crippen LogP contribution in [-0.4, -0.2) is 30.7 Å². The number of esters is 1. The molecule has 182 valence electrons. The molecule has 0 aliphatic carbocycles. The number of methoxy groups -OCH3 is 1. The van der Waals surface area contributed by atoms with Gasteiger partial charge in [0, 0.05) is 11.6 Å². The van der Waals surface area contributed by atoms with Gasteiger partial charge in [0.2, 0.25) is 11.8 Å². The average molecular weight is 483 g/mol. The van der Waals surface area contributed by atoms with Crippen molar-refractivity contribution in [3.05, 3.63) is 101 Å². The number of ketones is 1. The van der Waals surface area contributed by atoms with Crippen LogP contribution in [0.25, 0.3) is 0 Å². The van der Waals surface area contributed by atoms with E-state index in [1.54, 1.807) is 42.5 Å². The van der Waals surface area contributed by atoms with Crippen LogP contribution in [0.4, 0.5) is 5.69 Å². The van der Waals surface area contributed by atoms with Crippen molar-refractivity contribution < 1.29 is 23.9 Å². The molecule has 7 heteroatoms. The van der Waals surface area contributed by atoms with Gasteiger partial charge >= 0.3 is 5.97 Å². The van der Waals surface area contributed by atoms with Crippen LogP contribution in [0.1, 0.15) is 40.0 Å². The highest BCUT2D eigenvalue weighted by Crippen LogP contribution is 2.54. The van der Waals surface area contributed by atoms with Gasteiger partial charge in [-0.15, -0.1) is 0 Å². The molecule has 4 atom stereocenters. The van der Waals surface area contributed by atoms with Crippen molar-refractivity contribution in [1.29, 1.82) is 0 Å². The number of ether oxygens (including phenoxy) is 1.